The van der Waals surface area contributed by atoms with Crippen LogP contribution >= 0.6 is 11.3 Å². The van der Waals surface area contributed by atoms with Gasteiger partial charge in [-0.25, -0.2) is 4.79 Å². The van der Waals surface area contributed by atoms with Gasteiger partial charge in [-0.3, -0.25) is 4.79 Å². The van der Waals surface area contributed by atoms with Crippen molar-refractivity contribution < 1.29 is 14.3 Å². The van der Waals surface area contributed by atoms with Crippen LogP contribution in [0, 0.1) is 12.8 Å². The maximum atomic E-state index is 11.8. The molecule has 0 saturated heterocycles. The lowest BCUT2D eigenvalue weighted by Crippen LogP contribution is -2.30. The molecule has 2 amide bonds. The van der Waals surface area contributed by atoms with E-state index in [4.69, 9.17) is 5.73 Å². The molecule has 1 aliphatic rings. The summed E-state index contributed by atoms with van der Waals surface area (Å²) in [7, 11) is 0. The molecule has 0 bridgehead atoms. The van der Waals surface area contributed by atoms with Gasteiger partial charge in [0.2, 0.25) is 5.91 Å². The average Bonchev–Trinajstić information content (AvgIpc) is 3.00. The molecule has 1 aliphatic carbocycles. The molecule has 18 heavy (non-hydrogen) atoms. The Balaban J connectivity index is 1.73. The number of ether oxygens (including phenoxy) is 1. The summed E-state index contributed by atoms with van der Waals surface area (Å²) in [5.74, 6) is 0.457. The molecule has 98 valence electrons. The Morgan fingerprint density at radius 2 is 2.39 bits per heavy atom. The molecule has 1 aromatic rings. The van der Waals surface area contributed by atoms with E-state index in [0.29, 0.717) is 12.5 Å². The monoisotopic (exact) mass is 268 g/mol. The molecule has 0 aliphatic heterocycles. The van der Waals surface area contributed by atoms with Crippen LogP contribution in [0.25, 0.3) is 0 Å². The average molecular weight is 268 g/mol. The summed E-state index contributed by atoms with van der Waals surface area (Å²) in [4.78, 5) is 23.4. The van der Waals surface area contributed by atoms with Gasteiger partial charge < -0.3 is 15.8 Å². The Hall–Kier alpha value is -1.56. The highest BCUT2D eigenvalue weighted by Crippen LogP contribution is 2.50. The van der Waals surface area contributed by atoms with Gasteiger partial charge in [0.05, 0.1) is 6.54 Å². The summed E-state index contributed by atoms with van der Waals surface area (Å²) in [6.45, 7) is 2.50. The van der Waals surface area contributed by atoms with E-state index < -0.39 is 6.09 Å². The minimum Gasteiger partial charge on any atom is -0.448 e. The van der Waals surface area contributed by atoms with Gasteiger partial charge >= 0.3 is 6.09 Å². The van der Waals surface area contributed by atoms with Gasteiger partial charge in [-0.15, -0.1) is 11.3 Å². The first-order chi connectivity index (χ1) is 8.59. The van der Waals surface area contributed by atoms with E-state index in [2.05, 4.69) is 28.4 Å². The second-order valence-corrected chi connectivity index (χ2v) is 5.32. The molecule has 2 unspecified atom stereocenters. The summed E-state index contributed by atoms with van der Waals surface area (Å²) in [6.07, 6.45) is 0.0897. The minimum atomic E-state index is -0.817. The predicted molar refractivity (Wildman–Crippen MR) is 68.4 cm³/mol. The Kier molecular flexibility index (Phi) is 3.86. The van der Waals surface area contributed by atoms with Gasteiger partial charge in [0.1, 0.15) is 6.61 Å². The molecule has 2 atom stereocenters. The van der Waals surface area contributed by atoms with Gasteiger partial charge in [0.25, 0.3) is 0 Å². The molecule has 5 nitrogen and oxygen atoms in total. The highest BCUT2D eigenvalue weighted by atomic mass is 32.1. The van der Waals surface area contributed by atoms with E-state index in [1.807, 2.05) is 0 Å². The molecule has 0 aromatic carbocycles. The largest absolute Gasteiger partial charge is 0.448 e. The highest BCUT2D eigenvalue weighted by molar-refractivity contribution is 7.10. The second-order valence-electron chi connectivity index (χ2n) is 4.38. The number of amides is 2. The van der Waals surface area contributed by atoms with Crippen LogP contribution in [-0.4, -0.2) is 25.2 Å². The van der Waals surface area contributed by atoms with Crippen molar-refractivity contribution in [3.8, 4) is 0 Å². The Morgan fingerprint density at radius 1 is 1.61 bits per heavy atom. The molecule has 2 rings (SSSR count). The van der Waals surface area contributed by atoms with Crippen LogP contribution in [0.4, 0.5) is 4.79 Å². The summed E-state index contributed by atoms with van der Waals surface area (Å²) >= 11 is 1.71. The first kappa shape index (κ1) is 12.9. The van der Waals surface area contributed by atoms with Crippen LogP contribution in [0.2, 0.25) is 0 Å². The van der Waals surface area contributed by atoms with Gasteiger partial charge in [-0.1, -0.05) is 0 Å². The van der Waals surface area contributed by atoms with Crippen LogP contribution in [0.3, 0.4) is 0 Å². The van der Waals surface area contributed by atoms with E-state index in [1.165, 1.54) is 10.4 Å². The van der Waals surface area contributed by atoms with Crippen LogP contribution < -0.4 is 11.1 Å². The van der Waals surface area contributed by atoms with Crippen molar-refractivity contribution in [1.29, 1.82) is 0 Å². The molecule has 6 heteroatoms. The number of nitrogens with one attached hydrogen (secondary N) is 1. The maximum Gasteiger partial charge on any atom is 0.404 e. The topological polar surface area (TPSA) is 81.4 Å². The third kappa shape index (κ3) is 3.01. The lowest BCUT2D eigenvalue weighted by Gasteiger charge is -2.04. The molecule has 1 heterocycles. The summed E-state index contributed by atoms with van der Waals surface area (Å²) in [5, 5.41) is 4.80. The standard InChI is InChI=1S/C12H16N2O3S/c1-7-2-5-18-10(7)8-6-9(8)11(15)14-3-4-17-12(13)16/h2,5,8-9H,3-4,6H2,1H3,(H2,13,16)(H,14,15). The molecular formula is C12H16N2O3S. The second kappa shape index (κ2) is 5.39. The first-order valence-electron chi connectivity index (χ1n) is 5.83. The van der Waals surface area contributed by atoms with Crippen LogP contribution in [0.5, 0.6) is 0 Å². The van der Waals surface area contributed by atoms with Crippen LogP contribution in [-0.2, 0) is 9.53 Å². The fourth-order valence-corrected chi connectivity index (χ4v) is 3.10. The Labute approximate surface area is 109 Å². The van der Waals surface area contributed by atoms with Gasteiger partial charge in [0.15, 0.2) is 0 Å². The van der Waals surface area contributed by atoms with Crippen molar-refractivity contribution in [3.05, 3.63) is 21.9 Å². The number of carbonyl (C=O) groups is 2. The third-order valence-corrected chi connectivity index (χ3v) is 4.16. The van der Waals surface area contributed by atoms with Crippen molar-refractivity contribution >= 4 is 23.3 Å². The van der Waals surface area contributed by atoms with Gasteiger partial charge in [-0.05, 0) is 30.4 Å². The predicted octanol–water partition coefficient (Wildman–Crippen LogP) is 1.37. The zero-order valence-electron chi connectivity index (χ0n) is 10.1. The van der Waals surface area contributed by atoms with Crippen LogP contribution in [0.1, 0.15) is 22.8 Å². The SMILES string of the molecule is Cc1ccsc1C1CC1C(=O)NCCOC(N)=O. The molecule has 1 saturated carbocycles. The Bertz CT molecular complexity index is 458. The van der Waals surface area contributed by atoms with E-state index >= 15 is 0 Å². The third-order valence-electron chi connectivity index (χ3n) is 3.01. The molecule has 0 radical (unpaired) electrons. The summed E-state index contributed by atoms with van der Waals surface area (Å²) in [5.41, 5.74) is 6.07. The van der Waals surface area contributed by atoms with Gasteiger partial charge in [0, 0.05) is 16.7 Å². The lowest BCUT2D eigenvalue weighted by molar-refractivity contribution is -0.122. The fraction of sp³-hybridized carbons (Fsp3) is 0.500. The smallest absolute Gasteiger partial charge is 0.404 e. The normalized spacial score (nSPS) is 21.4. The Morgan fingerprint density at radius 3 is 3.00 bits per heavy atom. The fourth-order valence-electron chi connectivity index (χ4n) is 2.00. The number of aryl methyl sites for hydroxylation is 1. The molecule has 3 N–H and O–H groups in total. The van der Waals surface area contributed by atoms with Crippen molar-refractivity contribution in [1.82, 2.24) is 5.32 Å². The minimum absolute atomic E-state index is 0.0286. The van der Waals surface area contributed by atoms with Crippen molar-refractivity contribution in [2.45, 2.75) is 19.3 Å². The zero-order valence-corrected chi connectivity index (χ0v) is 11.0. The maximum absolute atomic E-state index is 11.8. The summed E-state index contributed by atoms with van der Waals surface area (Å²) < 4.78 is 4.54. The summed E-state index contributed by atoms with van der Waals surface area (Å²) in [6, 6.07) is 2.08. The number of thiophene rings is 1. The number of primary amides is 1. The quantitative estimate of drug-likeness (QED) is 0.791. The number of rotatable bonds is 5. The van der Waals surface area contributed by atoms with Crippen LogP contribution in [0.15, 0.2) is 11.4 Å². The number of hydrogen-bond donors (Lipinski definition) is 2. The highest BCUT2D eigenvalue weighted by Gasteiger charge is 2.45. The molecular weight excluding hydrogens is 252 g/mol. The number of hydrogen-bond acceptors (Lipinski definition) is 4. The molecule has 1 aromatic heterocycles. The van der Waals surface area contributed by atoms with E-state index in [-0.39, 0.29) is 18.4 Å². The van der Waals surface area contributed by atoms with Gasteiger partial charge in [-0.2, -0.15) is 0 Å². The van der Waals surface area contributed by atoms with E-state index in [0.717, 1.165) is 6.42 Å². The first-order valence-corrected chi connectivity index (χ1v) is 6.71. The van der Waals surface area contributed by atoms with Crippen molar-refractivity contribution in [3.63, 3.8) is 0 Å². The van der Waals surface area contributed by atoms with E-state index in [9.17, 15) is 9.59 Å². The van der Waals surface area contributed by atoms with Crippen molar-refractivity contribution in [2.75, 3.05) is 13.2 Å². The zero-order chi connectivity index (χ0) is 13.1. The molecule has 0 spiro atoms. The lowest BCUT2D eigenvalue weighted by atomic mass is 10.2. The van der Waals surface area contributed by atoms with E-state index in [1.54, 1.807) is 11.3 Å². The van der Waals surface area contributed by atoms with Crippen molar-refractivity contribution in [2.24, 2.45) is 11.7 Å². The number of nitrogens with two attached hydrogens (primary N) is 1. The molecule has 1 fully saturated rings. The number of carbonyl (C=O) groups excluding carboxylic acids is 2.